The monoisotopic (exact) mass is 207 g/mol. The molecule has 15 heavy (non-hydrogen) atoms. The van der Waals surface area contributed by atoms with Crippen LogP contribution >= 0.6 is 0 Å². The van der Waals surface area contributed by atoms with Crippen molar-refractivity contribution in [2.24, 2.45) is 0 Å². The Morgan fingerprint density at radius 1 is 1.40 bits per heavy atom. The summed E-state index contributed by atoms with van der Waals surface area (Å²) in [4.78, 5) is 0. The highest BCUT2D eigenvalue weighted by molar-refractivity contribution is 5.80. The number of fused-ring (bicyclic) bond motifs is 1. The number of halogens is 1. The Kier molecular flexibility index (Phi) is 2.73. The molecule has 0 aliphatic heterocycles. The van der Waals surface area contributed by atoms with Crippen LogP contribution in [-0.4, -0.2) is 15.8 Å². The van der Waals surface area contributed by atoms with Crippen LogP contribution in [0.5, 0.6) is 0 Å². The molecule has 2 nitrogen and oxygen atoms in total. The summed E-state index contributed by atoms with van der Waals surface area (Å²) in [5, 5.41) is 10.4. The Morgan fingerprint density at radius 3 is 2.93 bits per heavy atom. The van der Waals surface area contributed by atoms with Crippen molar-refractivity contribution in [3.05, 3.63) is 36.3 Å². The molecule has 2 rings (SSSR count). The van der Waals surface area contributed by atoms with Gasteiger partial charge in [-0.25, -0.2) is 4.39 Å². The Labute approximate surface area is 88.0 Å². The molecule has 1 unspecified atom stereocenters. The minimum absolute atomic E-state index is 0.226. The Morgan fingerprint density at radius 2 is 2.20 bits per heavy atom. The van der Waals surface area contributed by atoms with Crippen LogP contribution < -0.4 is 0 Å². The largest absolute Gasteiger partial charge is 0.391 e. The first kappa shape index (κ1) is 10.2. The van der Waals surface area contributed by atoms with Crippen LogP contribution in [0.25, 0.3) is 10.9 Å². The normalized spacial score (nSPS) is 13.3. The van der Waals surface area contributed by atoms with Gasteiger partial charge in [-0.1, -0.05) is 6.92 Å². The summed E-state index contributed by atoms with van der Waals surface area (Å²) >= 11 is 0. The van der Waals surface area contributed by atoms with E-state index in [2.05, 4.69) is 0 Å². The quantitative estimate of drug-likeness (QED) is 0.822. The van der Waals surface area contributed by atoms with E-state index >= 15 is 0 Å². The third-order valence-corrected chi connectivity index (χ3v) is 2.61. The SMILES string of the molecule is CCC(O)Cn1ccc2cc(F)ccc21. The Hall–Kier alpha value is -1.35. The minimum Gasteiger partial charge on any atom is -0.391 e. The molecular formula is C12H14FNO. The third kappa shape index (κ3) is 2.02. The topological polar surface area (TPSA) is 25.2 Å². The van der Waals surface area contributed by atoms with Crippen molar-refractivity contribution in [2.45, 2.75) is 26.0 Å². The molecule has 0 fully saturated rings. The fourth-order valence-corrected chi connectivity index (χ4v) is 1.69. The molecule has 0 saturated heterocycles. The van der Waals surface area contributed by atoms with Crippen molar-refractivity contribution < 1.29 is 9.50 Å². The van der Waals surface area contributed by atoms with E-state index in [0.717, 1.165) is 17.3 Å². The van der Waals surface area contributed by atoms with E-state index in [4.69, 9.17) is 0 Å². The average Bonchev–Trinajstić information content (AvgIpc) is 2.60. The molecule has 1 N–H and O–H groups in total. The third-order valence-electron chi connectivity index (χ3n) is 2.61. The minimum atomic E-state index is -0.342. The Balaban J connectivity index is 2.36. The number of aliphatic hydroxyl groups excluding tert-OH is 1. The zero-order valence-corrected chi connectivity index (χ0v) is 8.65. The van der Waals surface area contributed by atoms with Gasteiger partial charge in [0.2, 0.25) is 0 Å². The molecule has 0 saturated carbocycles. The van der Waals surface area contributed by atoms with Gasteiger partial charge in [0.05, 0.1) is 6.10 Å². The van der Waals surface area contributed by atoms with Crippen LogP contribution in [-0.2, 0) is 6.54 Å². The molecular weight excluding hydrogens is 193 g/mol. The molecule has 0 amide bonds. The number of hydrogen-bond donors (Lipinski definition) is 1. The highest BCUT2D eigenvalue weighted by Gasteiger charge is 2.05. The molecule has 1 heterocycles. The molecule has 1 atom stereocenters. The van der Waals surface area contributed by atoms with Gasteiger partial charge in [0.15, 0.2) is 0 Å². The molecule has 1 aromatic carbocycles. The number of aromatic nitrogens is 1. The van der Waals surface area contributed by atoms with E-state index in [1.807, 2.05) is 23.8 Å². The standard InChI is InChI=1S/C12H14FNO/c1-2-11(15)8-14-6-5-9-7-10(13)3-4-12(9)14/h3-7,11,15H,2,8H2,1H3. The number of hydrogen-bond acceptors (Lipinski definition) is 1. The number of aliphatic hydroxyl groups is 1. The van der Waals surface area contributed by atoms with Gasteiger partial charge in [-0.15, -0.1) is 0 Å². The molecule has 2 aromatic rings. The maximum absolute atomic E-state index is 12.9. The van der Waals surface area contributed by atoms with Gasteiger partial charge in [0, 0.05) is 23.6 Å². The molecule has 3 heteroatoms. The van der Waals surface area contributed by atoms with Gasteiger partial charge in [0.25, 0.3) is 0 Å². The first-order chi connectivity index (χ1) is 7.20. The molecule has 0 aliphatic carbocycles. The van der Waals surface area contributed by atoms with E-state index in [1.165, 1.54) is 12.1 Å². The number of nitrogens with zero attached hydrogens (tertiary/aromatic N) is 1. The second-order valence-electron chi connectivity index (χ2n) is 3.73. The van der Waals surface area contributed by atoms with Crippen LogP contribution in [0.1, 0.15) is 13.3 Å². The van der Waals surface area contributed by atoms with Crippen molar-refractivity contribution in [3.63, 3.8) is 0 Å². The van der Waals surface area contributed by atoms with Crippen molar-refractivity contribution >= 4 is 10.9 Å². The average molecular weight is 207 g/mol. The summed E-state index contributed by atoms with van der Waals surface area (Å²) in [5.74, 6) is -0.226. The Bertz CT molecular complexity index is 464. The first-order valence-corrected chi connectivity index (χ1v) is 5.13. The highest BCUT2D eigenvalue weighted by Crippen LogP contribution is 2.17. The summed E-state index contributed by atoms with van der Waals surface area (Å²) < 4.78 is 14.9. The summed E-state index contributed by atoms with van der Waals surface area (Å²) in [6.45, 7) is 2.50. The van der Waals surface area contributed by atoms with Crippen LogP contribution in [0.2, 0.25) is 0 Å². The lowest BCUT2D eigenvalue weighted by Gasteiger charge is -2.10. The molecule has 80 valence electrons. The second kappa shape index (κ2) is 4.03. The maximum Gasteiger partial charge on any atom is 0.123 e. The number of benzene rings is 1. The lowest BCUT2D eigenvalue weighted by molar-refractivity contribution is 0.151. The van der Waals surface area contributed by atoms with Crippen molar-refractivity contribution in [1.82, 2.24) is 4.57 Å². The van der Waals surface area contributed by atoms with E-state index in [9.17, 15) is 9.50 Å². The van der Waals surface area contributed by atoms with Crippen LogP contribution in [0.3, 0.4) is 0 Å². The van der Waals surface area contributed by atoms with Crippen LogP contribution in [0.15, 0.2) is 30.5 Å². The molecule has 0 spiro atoms. The van der Waals surface area contributed by atoms with E-state index in [-0.39, 0.29) is 11.9 Å². The smallest absolute Gasteiger partial charge is 0.123 e. The summed E-state index contributed by atoms with van der Waals surface area (Å²) in [7, 11) is 0. The van der Waals surface area contributed by atoms with Gasteiger partial charge in [-0.3, -0.25) is 0 Å². The van der Waals surface area contributed by atoms with Crippen molar-refractivity contribution in [2.75, 3.05) is 0 Å². The van der Waals surface area contributed by atoms with Crippen LogP contribution in [0, 0.1) is 5.82 Å². The van der Waals surface area contributed by atoms with Gasteiger partial charge < -0.3 is 9.67 Å². The zero-order valence-electron chi connectivity index (χ0n) is 8.65. The van der Waals surface area contributed by atoms with Crippen molar-refractivity contribution in [3.8, 4) is 0 Å². The predicted octanol–water partition coefficient (Wildman–Crippen LogP) is 2.55. The summed E-state index contributed by atoms with van der Waals surface area (Å²) in [5.41, 5.74) is 0.962. The van der Waals surface area contributed by atoms with Gasteiger partial charge >= 0.3 is 0 Å². The van der Waals surface area contributed by atoms with E-state index < -0.39 is 0 Å². The molecule has 0 bridgehead atoms. The van der Waals surface area contributed by atoms with Gasteiger partial charge in [-0.2, -0.15) is 0 Å². The number of rotatable bonds is 3. The summed E-state index contributed by atoms with van der Waals surface area (Å²) in [6, 6.07) is 6.55. The lowest BCUT2D eigenvalue weighted by atomic mass is 10.2. The van der Waals surface area contributed by atoms with Gasteiger partial charge in [-0.05, 0) is 30.7 Å². The molecule has 0 aliphatic rings. The van der Waals surface area contributed by atoms with E-state index in [1.54, 1.807) is 6.07 Å². The van der Waals surface area contributed by atoms with E-state index in [0.29, 0.717) is 6.54 Å². The van der Waals surface area contributed by atoms with Gasteiger partial charge in [0.1, 0.15) is 5.82 Å². The second-order valence-corrected chi connectivity index (χ2v) is 3.73. The lowest BCUT2D eigenvalue weighted by Crippen LogP contribution is -2.13. The maximum atomic E-state index is 12.9. The fraction of sp³-hybridized carbons (Fsp3) is 0.333. The summed E-state index contributed by atoms with van der Waals surface area (Å²) in [6.07, 6.45) is 2.26. The highest BCUT2D eigenvalue weighted by atomic mass is 19.1. The first-order valence-electron chi connectivity index (χ1n) is 5.13. The molecule has 1 aromatic heterocycles. The predicted molar refractivity (Wildman–Crippen MR) is 58.2 cm³/mol. The molecule has 0 radical (unpaired) electrons. The fourth-order valence-electron chi connectivity index (χ4n) is 1.69. The zero-order chi connectivity index (χ0) is 10.8. The van der Waals surface area contributed by atoms with Crippen molar-refractivity contribution in [1.29, 1.82) is 0 Å². The van der Waals surface area contributed by atoms with Crippen LogP contribution in [0.4, 0.5) is 4.39 Å².